The number of carbonyl (C=O) groups excluding carboxylic acids is 2. The van der Waals surface area contributed by atoms with E-state index in [0.717, 1.165) is 5.69 Å². The lowest BCUT2D eigenvalue weighted by Gasteiger charge is -2.37. The highest BCUT2D eigenvalue weighted by molar-refractivity contribution is 6.17. The Hall–Kier alpha value is -3.86. The number of urea groups is 1. The van der Waals surface area contributed by atoms with Crippen molar-refractivity contribution in [2.45, 2.75) is 20.3 Å². The highest BCUT2D eigenvalue weighted by Gasteiger charge is 2.30. The number of hydrogen-bond acceptors (Lipinski definition) is 7. The van der Waals surface area contributed by atoms with E-state index in [9.17, 15) is 9.59 Å². The van der Waals surface area contributed by atoms with Gasteiger partial charge in [-0.25, -0.2) is 24.1 Å². The number of aryl methyl sites for hydroxylation is 1. The van der Waals surface area contributed by atoms with E-state index in [1.807, 2.05) is 13.0 Å². The molecule has 1 saturated heterocycles. The fourth-order valence-corrected chi connectivity index (χ4v) is 4.52. The summed E-state index contributed by atoms with van der Waals surface area (Å²) in [5.41, 5.74) is 1.96. The SMILES string of the molecule is [2H]C([2H])(c1cc2ncnc3c2c(c1F)NC(=O)N3CC)N1CCN(c2ccc(C(=O)NC)nc2C)CC1. The summed E-state index contributed by atoms with van der Waals surface area (Å²) in [6.45, 7) is 3.41. The van der Waals surface area contributed by atoms with Gasteiger partial charge < -0.3 is 15.5 Å². The van der Waals surface area contributed by atoms with Crippen LogP contribution in [0.4, 0.5) is 26.4 Å². The third kappa shape index (κ3) is 4.01. The van der Waals surface area contributed by atoms with E-state index in [1.165, 1.54) is 17.3 Å². The van der Waals surface area contributed by atoms with Crippen LogP contribution in [0.1, 0.15) is 31.4 Å². The Labute approximate surface area is 205 Å². The van der Waals surface area contributed by atoms with E-state index in [1.54, 1.807) is 24.9 Å². The molecule has 2 N–H and O–H groups in total. The van der Waals surface area contributed by atoms with Crippen molar-refractivity contribution >= 4 is 40.0 Å². The molecule has 3 amide bonds. The molecule has 0 unspecified atom stereocenters. The van der Waals surface area contributed by atoms with E-state index in [2.05, 4.69) is 30.5 Å². The Morgan fingerprint density at radius 1 is 1.26 bits per heavy atom. The van der Waals surface area contributed by atoms with Crippen LogP contribution in [0.15, 0.2) is 24.5 Å². The molecule has 35 heavy (non-hydrogen) atoms. The predicted molar refractivity (Wildman–Crippen MR) is 131 cm³/mol. The molecule has 0 spiro atoms. The Balaban J connectivity index is 1.42. The zero-order chi connectivity index (χ0) is 26.5. The quantitative estimate of drug-likeness (QED) is 0.578. The van der Waals surface area contributed by atoms with Crippen molar-refractivity contribution in [3.8, 4) is 0 Å². The van der Waals surface area contributed by atoms with E-state index in [-0.39, 0.29) is 17.2 Å². The number of piperazine rings is 1. The molecule has 4 heterocycles. The molecule has 5 rings (SSSR count). The summed E-state index contributed by atoms with van der Waals surface area (Å²) in [4.78, 5) is 42.3. The van der Waals surface area contributed by atoms with Crippen LogP contribution in [-0.2, 0) is 6.50 Å². The summed E-state index contributed by atoms with van der Waals surface area (Å²) >= 11 is 0. The number of anilines is 3. The summed E-state index contributed by atoms with van der Waals surface area (Å²) < 4.78 is 33.5. The van der Waals surface area contributed by atoms with E-state index in [4.69, 9.17) is 2.74 Å². The number of rotatable bonds is 5. The van der Waals surface area contributed by atoms with Crippen molar-refractivity contribution in [2.75, 3.05) is 54.9 Å². The van der Waals surface area contributed by atoms with Gasteiger partial charge in [0.15, 0.2) is 5.82 Å². The smallest absolute Gasteiger partial charge is 0.327 e. The van der Waals surface area contributed by atoms with Crippen molar-refractivity contribution in [3.05, 3.63) is 47.3 Å². The monoisotopic (exact) mass is 480 g/mol. The zero-order valence-electron chi connectivity index (χ0n) is 21.7. The number of nitrogens with zero attached hydrogens (tertiary/aromatic N) is 6. The molecule has 1 fully saturated rings. The topological polar surface area (TPSA) is 107 Å². The first-order valence-electron chi connectivity index (χ1n) is 12.4. The van der Waals surface area contributed by atoms with Crippen LogP contribution < -0.4 is 20.4 Å². The van der Waals surface area contributed by atoms with Crippen LogP contribution in [-0.4, -0.2) is 71.6 Å². The lowest BCUT2D eigenvalue weighted by Crippen LogP contribution is -2.46. The molecule has 0 saturated carbocycles. The van der Waals surface area contributed by atoms with Gasteiger partial charge in [0.25, 0.3) is 5.91 Å². The molecule has 2 aliphatic rings. The predicted octanol–water partition coefficient (Wildman–Crippen LogP) is 2.53. The molecular weight excluding hydrogens is 451 g/mol. The van der Waals surface area contributed by atoms with Crippen LogP contribution in [0.5, 0.6) is 0 Å². The summed E-state index contributed by atoms with van der Waals surface area (Å²) in [5, 5.41) is 5.48. The van der Waals surface area contributed by atoms with Gasteiger partial charge in [0.05, 0.1) is 28.0 Å². The maximum atomic E-state index is 15.8. The fourth-order valence-electron chi connectivity index (χ4n) is 4.52. The average Bonchev–Trinajstić information content (AvgIpc) is 2.90. The summed E-state index contributed by atoms with van der Waals surface area (Å²) in [5.74, 6) is -0.790. The maximum absolute atomic E-state index is 15.8. The number of pyridine rings is 1. The van der Waals surface area contributed by atoms with Gasteiger partial charge in [-0.2, -0.15) is 0 Å². The minimum absolute atomic E-state index is 0.0989. The van der Waals surface area contributed by atoms with Crippen LogP contribution in [0.2, 0.25) is 0 Å². The zero-order valence-corrected chi connectivity index (χ0v) is 19.7. The van der Waals surface area contributed by atoms with Gasteiger partial charge in [0.2, 0.25) is 0 Å². The van der Waals surface area contributed by atoms with Crippen molar-refractivity contribution in [2.24, 2.45) is 0 Å². The molecule has 0 bridgehead atoms. The van der Waals surface area contributed by atoms with Gasteiger partial charge in [0.1, 0.15) is 17.8 Å². The lowest BCUT2D eigenvalue weighted by atomic mass is 10.1. The molecule has 1 aromatic carbocycles. The van der Waals surface area contributed by atoms with Gasteiger partial charge >= 0.3 is 6.03 Å². The molecule has 182 valence electrons. The number of halogens is 1. The number of benzene rings is 1. The molecule has 0 radical (unpaired) electrons. The largest absolute Gasteiger partial charge is 0.368 e. The highest BCUT2D eigenvalue weighted by Crippen LogP contribution is 2.38. The Morgan fingerprint density at radius 2 is 2.03 bits per heavy atom. The van der Waals surface area contributed by atoms with Gasteiger partial charge in [-0.1, -0.05) is 0 Å². The minimum atomic E-state index is -2.16. The van der Waals surface area contributed by atoms with Gasteiger partial charge in [-0.3, -0.25) is 14.6 Å². The van der Waals surface area contributed by atoms with Crippen LogP contribution in [0.3, 0.4) is 0 Å². The number of carbonyl (C=O) groups is 2. The first-order valence-corrected chi connectivity index (χ1v) is 11.4. The van der Waals surface area contributed by atoms with Crippen molar-refractivity contribution < 1.29 is 16.7 Å². The second-order valence-corrected chi connectivity index (χ2v) is 8.34. The minimum Gasteiger partial charge on any atom is -0.368 e. The Bertz CT molecular complexity index is 1410. The normalized spacial score (nSPS) is 17.2. The maximum Gasteiger partial charge on any atom is 0.327 e. The summed E-state index contributed by atoms with van der Waals surface area (Å²) in [6.07, 6.45) is 1.30. The highest BCUT2D eigenvalue weighted by atomic mass is 19.1. The van der Waals surface area contributed by atoms with Crippen molar-refractivity contribution in [1.29, 1.82) is 0 Å². The number of amides is 3. The second-order valence-electron chi connectivity index (χ2n) is 8.34. The first-order chi connectivity index (χ1) is 17.7. The van der Waals surface area contributed by atoms with Crippen LogP contribution >= 0.6 is 0 Å². The molecule has 3 aromatic rings. The number of hydrogen-bond donors (Lipinski definition) is 2. The van der Waals surface area contributed by atoms with Gasteiger partial charge in [0, 0.05) is 54.6 Å². The molecular formula is C24H27FN8O2. The second kappa shape index (κ2) is 9.06. The van der Waals surface area contributed by atoms with Gasteiger partial charge in [-0.05, 0) is 32.0 Å². The first kappa shape index (κ1) is 20.5. The molecule has 10 nitrogen and oxygen atoms in total. The van der Waals surface area contributed by atoms with Crippen molar-refractivity contribution in [1.82, 2.24) is 25.2 Å². The third-order valence-corrected chi connectivity index (χ3v) is 6.31. The van der Waals surface area contributed by atoms with E-state index < -0.39 is 18.3 Å². The third-order valence-electron chi connectivity index (χ3n) is 6.31. The average molecular weight is 481 g/mol. The Morgan fingerprint density at radius 3 is 2.71 bits per heavy atom. The van der Waals surface area contributed by atoms with Gasteiger partial charge in [-0.15, -0.1) is 0 Å². The lowest BCUT2D eigenvalue weighted by molar-refractivity contribution is 0.0958. The fraction of sp³-hybridized carbons (Fsp3) is 0.375. The number of aromatic nitrogens is 3. The van der Waals surface area contributed by atoms with Crippen LogP contribution in [0.25, 0.3) is 10.9 Å². The molecule has 2 aliphatic heterocycles. The van der Waals surface area contributed by atoms with E-state index >= 15 is 4.39 Å². The summed E-state index contributed by atoms with van der Waals surface area (Å²) in [7, 11) is 1.55. The van der Waals surface area contributed by atoms with Crippen LogP contribution in [0, 0.1) is 12.7 Å². The number of nitrogens with one attached hydrogen (secondary N) is 2. The Kier molecular flexibility index (Phi) is 5.31. The molecule has 2 aromatic heterocycles. The molecule has 11 heteroatoms. The molecule has 0 aliphatic carbocycles. The standard InChI is InChI=1S/C24H27FN8O2/c1-4-33-22-19-17(27-13-28-22)11-15(20(25)21(19)30-24(33)35)12-31-7-9-32(10-8-31)18-6-5-16(23(34)26-3)29-14(18)2/h5-6,11,13H,4,7-10,12H2,1-3H3,(H,26,34)(H,30,35)/i12D2. The van der Waals surface area contributed by atoms with E-state index in [0.29, 0.717) is 60.8 Å². The summed E-state index contributed by atoms with van der Waals surface area (Å²) in [6, 6.07) is 4.38. The van der Waals surface area contributed by atoms with Crippen molar-refractivity contribution in [3.63, 3.8) is 0 Å². The molecule has 0 atom stereocenters.